The normalized spacial score (nSPS) is 31.2. The number of aliphatic hydroxyl groups excluding tert-OH is 1. The van der Waals surface area contributed by atoms with Gasteiger partial charge in [0.25, 0.3) is 0 Å². The molecule has 104 valence electrons. The molecule has 0 aromatic rings. The summed E-state index contributed by atoms with van der Waals surface area (Å²) in [4.78, 5) is 12.3. The molecule has 2 atom stereocenters. The third-order valence-corrected chi connectivity index (χ3v) is 4.47. The zero-order valence-corrected chi connectivity index (χ0v) is 10.9. The van der Waals surface area contributed by atoms with Gasteiger partial charge in [0.2, 0.25) is 5.91 Å². The Labute approximate surface area is 108 Å². The van der Waals surface area contributed by atoms with Crippen molar-refractivity contribution in [3.63, 3.8) is 0 Å². The van der Waals surface area contributed by atoms with E-state index >= 15 is 0 Å². The van der Waals surface area contributed by atoms with Crippen LogP contribution < -0.4 is 11.1 Å². The highest BCUT2D eigenvalue weighted by atomic mass is 16.5. The smallest absolute Gasteiger partial charge is 0.227 e. The number of ether oxygens (including phenoxy) is 1. The lowest BCUT2D eigenvalue weighted by molar-refractivity contribution is -0.136. The van der Waals surface area contributed by atoms with E-state index in [1.165, 1.54) is 0 Å². The summed E-state index contributed by atoms with van der Waals surface area (Å²) in [6.07, 6.45) is 4.05. The van der Waals surface area contributed by atoms with Gasteiger partial charge in [-0.3, -0.25) is 4.79 Å². The van der Waals surface area contributed by atoms with Crippen LogP contribution in [0.5, 0.6) is 0 Å². The van der Waals surface area contributed by atoms with E-state index in [0.29, 0.717) is 39.1 Å². The maximum atomic E-state index is 12.3. The van der Waals surface area contributed by atoms with Crippen LogP contribution in [0.4, 0.5) is 0 Å². The van der Waals surface area contributed by atoms with Crippen molar-refractivity contribution in [3.8, 4) is 0 Å². The highest BCUT2D eigenvalue weighted by molar-refractivity contribution is 5.83. The molecule has 5 heteroatoms. The molecule has 1 heterocycles. The third kappa shape index (κ3) is 2.84. The number of rotatable bonds is 4. The fourth-order valence-electron chi connectivity index (χ4n) is 2.95. The van der Waals surface area contributed by atoms with Crippen LogP contribution in [0.1, 0.15) is 32.1 Å². The molecule has 0 aromatic heterocycles. The van der Waals surface area contributed by atoms with E-state index in [1.54, 1.807) is 0 Å². The van der Waals surface area contributed by atoms with Crippen LogP contribution in [0.3, 0.4) is 0 Å². The Morgan fingerprint density at radius 3 is 2.67 bits per heavy atom. The van der Waals surface area contributed by atoms with E-state index in [4.69, 9.17) is 10.5 Å². The van der Waals surface area contributed by atoms with Crippen LogP contribution in [-0.4, -0.2) is 43.4 Å². The van der Waals surface area contributed by atoms with Crippen molar-refractivity contribution in [2.75, 3.05) is 26.3 Å². The zero-order chi connectivity index (χ0) is 13.0. The minimum atomic E-state index is -0.457. The van der Waals surface area contributed by atoms with Crippen LogP contribution in [0, 0.1) is 11.3 Å². The summed E-state index contributed by atoms with van der Waals surface area (Å²) in [5.41, 5.74) is 5.33. The van der Waals surface area contributed by atoms with E-state index in [0.717, 1.165) is 19.3 Å². The Morgan fingerprint density at radius 2 is 2.11 bits per heavy atom. The van der Waals surface area contributed by atoms with Gasteiger partial charge in [-0.25, -0.2) is 0 Å². The molecule has 1 saturated heterocycles. The number of hydrogen-bond acceptors (Lipinski definition) is 4. The fourth-order valence-corrected chi connectivity index (χ4v) is 2.95. The number of carbonyl (C=O) groups excluding carboxylic acids is 1. The maximum Gasteiger partial charge on any atom is 0.227 e. The molecular formula is C13H24N2O3. The Kier molecular flexibility index (Phi) is 4.59. The van der Waals surface area contributed by atoms with Crippen molar-refractivity contribution < 1.29 is 14.6 Å². The van der Waals surface area contributed by atoms with E-state index in [2.05, 4.69) is 5.32 Å². The van der Waals surface area contributed by atoms with E-state index in [1.807, 2.05) is 0 Å². The highest BCUT2D eigenvalue weighted by Gasteiger charge is 2.39. The number of nitrogens with two attached hydrogens (primary N) is 1. The second-order valence-electron chi connectivity index (χ2n) is 5.57. The predicted molar refractivity (Wildman–Crippen MR) is 67.9 cm³/mol. The van der Waals surface area contributed by atoms with Gasteiger partial charge < -0.3 is 20.9 Å². The molecule has 1 aliphatic heterocycles. The monoisotopic (exact) mass is 256 g/mol. The van der Waals surface area contributed by atoms with Gasteiger partial charge in [0, 0.05) is 32.2 Å². The molecule has 4 N–H and O–H groups in total. The molecule has 1 amide bonds. The Balaban J connectivity index is 1.85. The fraction of sp³-hybridized carbons (Fsp3) is 0.923. The molecule has 2 rings (SSSR count). The van der Waals surface area contributed by atoms with Gasteiger partial charge in [-0.2, -0.15) is 0 Å². The number of amides is 1. The molecule has 5 nitrogen and oxygen atoms in total. The SMILES string of the molecule is NCC1(C(=O)NCC2CCCC2O)CCOCC1. The first-order chi connectivity index (χ1) is 8.68. The summed E-state index contributed by atoms with van der Waals surface area (Å²) in [6.45, 7) is 2.16. The van der Waals surface area contributed by atoms with E-state index in [9.17, 15) is 9.90 Å². The summed E-state index contributed by atoms with van der Waals surface area (Å²) in [5, 5.41) is 12.7. The molecule has 2 aliphatic rings. The van der Waals surface area contributed by atoms with Crippen LogP contribution in [0.25, 0.3) is 0 Å². The second kappa shape index (κ2) is 5.99. The lowest BCUT2D eigenvalue weighted by Crippen LogP contribution is -2.50. The molecule has 0 bridgehead atoms. The first-order valence-electron chi connectivity index (χ1n) is 6.92. The molecule has 1 saturated carbocycles. The van der Waals surface area contributed by atoms with Crippen LogP contribution in [-0.2, 0) is 9.53 Å². The minimum absolute atomic E-state index is 0.0346. The summed E-state index contributed by atoms with van der Waals surface area (Å²) in [6, 6.07) is 0. The number of nitrogens with one attached hydrogen (secondary N) is 1. The van der Waals surface area contributed by atoms with Crippen LogP contribution in [0.15, 0.2) is 0 Å². The molecule has 0 spiro atoms. The van der Waals surface area contributed by atoms with Crippen LogP contribution >= 0.6 is 0 Å². The Morgan fingerprint density at radius 1 is 1.39 bits per heavy atom. The molecule has 2 unspecified atom stereocenters. The van der Waals surface area contributed by atoms with Gasteiger partial charge in [-0.05, 0) is 25.7 Å². The third-order valence-electron chi connectivity index (χ3n) is 4.47. The highest BCUT2D eigenvalue weighted by Crippen LogP contribution is 2.30. The van der Waals surface area contributed by atoms with Crippen molar-refractivity contribution >= 4 is 5.91 Å². The second-order valence-corrected chi connectivity index (χ2v) is 5.57. The molecular weight excluding hydrogens is 232 g/mol. The van der Waals surface area contributed by atoms with Crippen molar-refractivity contribution in [2.45, 2.75) is 38.2 Å². The summed E-state index contributed by atoms with van der Waals surface area (Å²) < 4.78 is 5.30. The average molecular weight is 256 g/mol. The molecule has 2 fully saturated rings. The summed E-state index contributed by atoms with van der Waals surface area (Å²) in [7, 11) is 0. The first-order valence-corrected chi connectivity index (χ1v) is 6.92. The number of hydrogen-bond donors (Lipinski definition) is 3. The van der Waals surface area contributed by atoms with Crippen LogP contribution in [0.2, 0.25) is 0 Å². The van der Waals surface area contributed by atoms with E-state index < -0.39 is 5.41 Å². The van der Waals surface area contributed by atoms with Gasteiger partial charge in [-0.1, -0.05) is 6.42 Å². The predicted octanol–water partition coefficient (Wildman–Crippen LogP) is 0.0191. The van der Waals surface area contributed by atoms with Gasteiger partial charge in [0.15, 0.2) is 0 Å². The van der Waals surface area contributed by atoms with Crippen molar-refractivity contribution in [2.24, 2.45) is 17.1 Å². The maximum absolute atomic E-state index is 12.3. The summed E-state index contributed by atoms with van der Waals surface area (Å²) in [5.74, 6) is 0.246. The number of aliphatic hydroxyl groups is 1. The van der Waals surface area contributed by atoms with Crippen molar-refractivity contribution in [1.82, 2.24) is 5.32 Å². The Bertz CT molecular complexity index is 290. The van der Waals surface area contributed by atoms with Gasteiger partial charge in [-0.15, -0.1) is 0 Å². The van der Waals surface area contributed by atoms with Gasteiger partial charge >= 0.3 is 0 Å². The molecule has 0 radical (unpaired) electrons. The van der Waals surface area contributed by atoms with Gasteiger partial charge in [0.05, 0.1) is 11.5 Å². The largest absolute Gasteiger partial charge is 0.393 e. The lowest BCUT2D eigenvalue weighted by Gasteiger charge is -2.35. The standard InChI is InChI=1S/C13H24N2O3/c14-9-13(4-6-18-7-5-13)12(17)15-8-10-2-1-3-11(10)16/h10-11,16H,1-9,14H2,(H,15,17). The minimum Gasteiger partial charge on any atom is -0.393 e. The van der Waals surface area contributed by atoms with Crippen molar-refractivity contribution in [3.05, 3.63) is 0 Å². The first kappa shape index (κ1) is 13.8. The van der Waals surface area contributed by atoms with E-state index in [-0.39, 0.29) is 17.9 Å². The Hall–Kier alpha value is -0.650. The topological polar surface area (TPSA) is 84.6 Å². The molecule has 1 aliphatic carbocycles. The number of carbonyl (C=O) groups is 1. The summed E-state index contributed by atoms with van der Waals surface area (Å²) >= 11 is 0. The van der Waals surface area contributed by atoms with Crippen molar-refractivity contribution in [1.29, 1.82) is 0 Å². The molecule has 0 aromatic carbocycles. The van der Waals surface area contributed by atoms with Gasteiger partial charge in [0.1, 0.15) is 0 Å². The quantitative estimate of drug-likeness (QED) is 0.662. The lowest BCUT2D eigenvalue weighted by atomic mass is 9.79. The molecule has 18 heavy (non-hydrogen) atoms. The zero-order valence-electron chi connectivity index (χ0n) is 10.9. The average Bonchev–Trinajstić information content (AvgIpc) is 2.82.